The summed E-state index contributed by atoms with van der Waals surface area (Å²) in [5, 5.41) is 17.1. The molecule has 0 saturated carbocycles. The molecule has 0 aliphatic carbocycles. The predicted molar refractivity (Wildman–Crippen MR) is 204 cm³/mol. The smallest absolute Gasteiger partial charge is 0.407 e. The molecule has 3 heterocycles. The number of carboxylic acid groups (broad SMARTS) is 1. The minimum atomic E-state index is -1.29. The SMILES string of the molecule is COC(=O)N[C@H](C(=O)N[C@@H](c1nc(-c2ccc(-c3ccc(-c4c[nH]c([C@@H]5CCCN5C(=O)[C@@H](NC(=O)O)[C@@H](C)OC)n4)cc3)cc2)c[nH]1)C(C)C)C(C)OC. The fourth-order valence-electron chi connectivity index (χ4n) is 6.62. The van der Waals surface area contributed by atoms with Crippen LogP contribution in [-0.2, 0) is 23.8 Å². The van der Waals surface area contributed by atoms with E-state index >= 15 is 0 Å². The van der Waals surface area contributed by atoms with Gasteiger partial charge in [0.1, 0.15) is 23.7 Å². The quantitative estimate of drug-likeness (QED) is 0.0950. The number of methoxy groups -OCH3 is 3. The largest absolute Gasteiger partial charge is 0.465 e. The van der Waals surface area contributed by atoms with Crippen LogP contribution in [0.4, 0.5) is 9.59 Å². The lowest BCUT2D eigenvalue weighted by Crippen LogP contribution is -2.54. The van der Waals surface area contributed by atoms with Gasteiger partial charge in [0.2, 0.25) is 11.8 Å². The third kappa shape index (κ3) is 9.50. The minimum absolute atomic E-state index is 0.0228. The molecule has 1 fully saturated rings. The molecule has 16 nitrogen and oxygen atoms in total. The number of imidazole rings is 2. The van der Waals surface area contributed by atoms with E-state index in [9.17, 15) is 24.3 Å². The van der Waals surface area contributed by atoms with Crippen molar-refractivity contribution < 1.29 is 38.5 Å². The molecule has 1 saturated heterocycles. The van der Waals surface area contributed by atoms with E-state index in [0.717, 1.165) is 34.4 Å². The van der Waals surface area contributed by atoms with Gasteiger partial charge in [-0.15, -0.1) is 0 Å². The van der Waals surface area contributed by atoms with Crippen LogP contribution in [0.25, 0.3) is 33.6 Å². The van der Waals surface area contributed by atoms with Crippen LogP contribution in [0.2, 0.25) is 0 Å². The highest BCUT2D eigenvalue weighted by Crippen LogP contribution is 2.33. The lowest BCUT2D eigenvalue weighted by Gasteiger charge is -2.30. The number of nitrogens with zero attached hydrogens (tertiary/aromatic N) is 3. The topological polar surface area (TPSA) is 213 Å². The summed E-state index contributed by atoms with van der Waals surface area (Å²) in [6.07, 6.45) is 1.82. The molecule has 2 aromatic heterocycles. The van der Waals surface area contributed by atoms with E-state index in [-0.39, 0.29) is 17.9 Å². The maximum atomic E-state index is 13.4. The number of rotatable bonds is 15. The van der Waals surface area contributed by atoms with Crippen molar-refractivity contribution in [1.82, 2.24) is 40.8 Å². The van der Waals surface area contributed by atoms with Crippen LogP contribution in [0.3, 0.4) is 0 Å². The molecule has 1 aliphatic heterocycles. The number of nitrogens with one attached hydrogen (secondary N) is 5. The Hall–Kier alpha value is -5.74. The van der Waals surface area contributed by atoms with Crippen molar-refractivity contribution in [2.75, 3.05) is 27.9 Å². The van der Waals surface area contributed by atoms with Gasteiger partial charge in [0.05, 0.1) is 42.8 Å². The molecule has 4 aromatic rings. The number of alkyl carbamates (subject to hydrolysis) is 1. The van der Waals surface area contributed by atoms with Crippen molar-refractivity contribution in [2.24, 2.45) is 5.92 Å². The second-order valence-corrected chi connectivity index (χ2v) is 13.8. The second kappa shape index (κ2) is 18.1. The number of aromatic amines is 2. The molecular formula is C39H50N8O8. The van der Waals surface area contributed by atoms with E-state index in [0.29, 0.717) is 30.3 Å². The molecule has 6 N–H and O–H groups in total. The Morgan fingerprint density at radius 3 is 1.85 bits per heavy atom. The molecule has 2 aromatic carbocycles. The number of hydrogen-bond donors (Lipinski definition) is 6. The first-order valence-electron chi connectivity index (χ1n) is 18.2. The Labute approximate surface area is 319 Å². The van der Waals surface area contributed by atoms with Gasteiger partial charge in [-0.2, -0.15) is 0 Å². The van der Waals surface area contributed by atoms with Crippen LogP contribution in [0.15, 0.2) is 60.9 Å². The standard InChI is InChI=1S/C39H50N8O8/c1-21(2)31(44-36(48)32(22(3)53-5)46-39(52)55-7)35-41-20-29(43-35)27-16-12-25(13-17-27)24-10-14-26(15-11-24)28-19-40-34(42-28)30-9-8-18-47(30)37(49)33(23(4)54-6)45-38(50)51/h10-17,19-23,30-33,45H,8-9,18H2,1-7H3,(H,40,42)(H,41,43)(H,44,48)(H,46,52)(H,50,51)/t22?,23-,30+,31-,32+,33+/m1/s1. The van der Waals surface area contributed by atoms with Gasteiger partial charge in [-0.3, -0.25) is 9.59 Å². The van der Waals surface area contributed by atoms with Gasteiger partial charge in [0.15, 0.2) is 0 Å². The average Bonchev–Trinajstić information content (AvgIpc) is 3.99. The summed E-state index contributed by atoms with van der Waals surface area (Å²) in [6.45, 7) is 7.77. The van der Waals surface area contributed by atoms with Crippen molar-refractivity contribution in [3.63, 3.8) is 0 Å². The van der Waals surface area contributed by atoms with Crippen molar-refractivity contribution in [3.8, 4) is 33.6 Å². The molecule has 4 amide bonds. The first kappa shape index (κ1) is 40.4. The van der Waals surface area contributed by atoms with Crippen LogP contribution in [0.1, 0.15) is 64.3 Å². The summed E-state index contributed by atoms with van der Waals surface area (Å²) in [6, 6.07) is 13.3. The molecular weight excluding hydrogens is 708 g/mol. The molecule has 0 bridgehead atoms. The van der Waals surface area contributed by atoms with Crippen LogP contribution in [0, 0.1) is 5.92 Å². The second-order valence-electron chi connectivity index (χ2n) is 13.8. The van der Waals surface area contributed by atoms with Crippen LogP contribution in [-0.4, -0.2) is 106 Å². The van der Waals surface area contributed by atoms with Crippen LogP contribution < -0.4 is 16.0 Å². The Morgan fingerprint density at radius 2 is 1.31 bits per heavy atom. The van der Waals surface area contributed by atoms with Crippen LogP contribution >= 0.6 is 0 Å². The zero-order valence-electron chi connectivity index (χ0n) is 32.1. The molecule has 294 valence electrons. The van der Waals surface area contributed by atoms with Gasteiger partial charge in [-0.25, -0.2) is 19.6 Å². The van der Waals surface area contributed by atoms with E-state index in [1.807, 2.05) is 68.6 Å². The Bertz CT molecular complexity index is 1930. The van der Waals surface area contributed by atoms with Crippen molar-refractivity contribution in [2.45, 2.75) is 76.9 Å². The van der Waals surface area contributed by atoms with E-state index < -0.39 is 48.4 Å². The van der Waals surface area contributed by atoms with Gasteiger partial charge in [-0.1, -0.05) is 62.4 Å². The average molecular weight is 759 g/mol. The number of hydrogen-bond acceptors (Lipinski definition) is 9. The van der Waals surface area contributed by atoms with E-state index in [1.54, 1.807) is 24.9 Å². The van der Waals surface area contributed by atoms with Crippen molar-refractivity contribution in [1.29, 1.82) is 0 Å². The van der Waals surface area contributed by atoms with E-state index in [4.69, 9.17) is 19.4 Å². The van der Waals surface area contributed by atoms with Crippen molar-refractivity contribution in [3.05, 3.63) is 72.6 Å². The normalized spacial score (nSPS) is 16.9. The number of carbonyl (C=O) groups is 4. The summed E-state index contributed by atoms with van der Waals surface area (Å²) in [5.41, 5.74) is 5.25. The number of likely N-dealkylation sites (tertiary alicyclic amines) is 1. The number of carbonyl (C=O) groups excluding carboxylic acids is 3. The predicted octanol–water partition coefficient (Wildman–Crippen LogP) is 5.04. The molecule has 1 aliphatic rings. The highest BCUT2D eigenvalue weighted by molar-refractivity contribution is 5.87. The lowest BCUT2D eigenvalue weighted by atomic mass is 10.0. The molecule has 6 atom stereocenters. The van der Waals surface area contributed by atoms with Gasteiger partial charge in [-0.05, 0) is 43.7 Å². The fraction of sp³-hybridized carbons (Fsp3) is 0.436. The molecule has 0 radical (unpaired) electrons. The molecule has 0 spiro atoms. The van der Waals surface area contributed by atoms with Gasteiger partial charge >= 0.3 is 12.2 Å². The third-order valence-electron chi connectivity index (χ3n) is 9.97. The molecule has 55 heavy (non-hydrogen) atoms. The third-order valence-corrected chi connectivity index (χ3v) is 9.97. The Balaban J connectivity index is 1.25. The zero-order valence-corrected chi connectivity index (χ0v) is 32.1. The summed E-state index contributed by atoms with van der Waals surface area (Å²) in [5.74, 6) is 0.426. The molecule has 16 heteroatoms. The Morgan fingerprint density at radius 1 is 0.764 bits per heavy atom. The van der Waals surface area contributed by atoms with Gasteiger partial charge in [0, 0.05) is 44.3 Å². The summed E-state index contributed by atoms with van der Waals surface area (Å²) >= 11 is 0. The first-order chi connectivity index (χ1) is 26.3. The fourth-order valence-corrected chi connectivity index (χ4v) is 6.62. The first-order valence-corrected chi connectivity index (χ1v) is 18.2. The number of benzene rings is 2. The highest BCUT2D eigenvalue weighted by atomic mass is 16.5. The number of ether oxygens (including phenoxy) is 3. The Kier molecular flexibility index (Phi) is 13.3. The number of H-pyrrole nitrogens is 2. The van der Waals surface area contributed by atoms with Crippen LogP contribution in [0.5, 0.6) is 0 Å². The summed E-state index contributed by atoms with van der Waals surface area (Å²) in [7, 11) is 4.13. The zero-order chi connectivity index (χ0) is 39.8. The monoisotopic (exact) mass is 758 g/mol. The maximum absolute atomic E-state index is 13.4. The van der Waals surface area contributed by atoms with E-state index in [1.165, 1.54) is 21.3 Å². The molecule has 5 rings (SSSR count). The van der Waals surface area contributed by atoms with E-state index in [2.05, 4.69) is 30.7 Å². The van der Waals surface area contributed by atoms with Crippen molar-refractivity contribution >= 4 is 24.0 Å². The molecule has 1 unspecified atom stereocenters. The summed E-state index contributed by atoms with van der Waals surface area (Å²) < 4.78 is 15.3. The highest BCUT2D eigenvalue weighted by Gasteiger charge is 2.38. The lowest BCUT2D eigenvalue weighted by molar-refractivity contribution is -0.137. The minimum Gasteiger partial charge on any atom is -0.465 e. The number of amides is 4. The number of aromatic nitrogens is 4. The van der Waals surface area contributed by atoms with Gasteiger partial charge in [0.25, 0.3) is 0 Å². The summed E-state index contributed by atoms with van der Waals surface area (Å²) in [4.78, 5) is 67.7. The maximum Gasteiger partial charge on any atom is 0.407 e. The van der Waals surface area contributed by atoms with Gasteiger partial charge < -0.3 is 50.1 Å².